The Morgan fingerprint density at radius 1 is 1.38 bits per heavy atom. The van der Waals surface area contributed by atoms with Crippen LogP contribution in [0.1, 0.15) is 51.1 Å². The standard InChI is InChI=1S/C17H27N3O/c1-3-10-18-13(2)15-8-5-9-16(11-15)20-17(21)19-12-14-6-4-7-14/h5,8-9,11,13-14,18H,3-4,6-7,10,12H2,1-2H3,(H2,19,20,21). The molecule has 116 valence electrons. The second kappa shape index (κ2) is 8.03. The Morgan fingerprint density at radius 2 is 2.19 bits per heavy atom. The molecule has 0 spiro atoms. The molecule has 4 heteroatoms. The molecule has 0 aromatic heterocycles. The van der Waals surface area contributed by atoms with Gasteiger partial charge in [-0.15, -0.1) is 0 Å². The van der Waals surface area contributed by atoms with Crippen LogP contribution in [0.15, 0.2) is 24.3 Å². The summed E-state index contributed by atoms with van der Waals surface area (Å²) in [5.74, 6) is 0.681. The Hall–Kier alpha value is -1.55. The van der Waals surface area contributed by atoms with Crippen LogP contribution in [0.2, 0.25) is 0 Å². The molecule has 1 fully saturated rings. The zero-order chi connectivity index (χ0) is 15.1. The molecule has 3 N–H and O–H groups in total. The fourth-order valence-electron chi connectivity index (χ4n) is 2.47. The lowest BCUT2D eigenvalue weighted by Crippen LogP contribution is -2.35. The first kappa shape index (κ1) is 15.8. The summed E-state index contributed by atoms with van der Waals surface area (Å²) >= 11 is 0. The topological polar surface area (TPSA) is 53.2 Å². The fourth-order valence-corrected chi connectivity index (χ4v) is 2.47. The van der Waals surface area contributed by atoms with E-state index in [-0.39, 0.29) is 6.03 Å². The zero-order valence-electron chi connectivity index (χ0n) is 13.1. The van der Waals surface area contributed by atoms with Gasteiger partial charge in [-0.1, -0.05) is 25.5 Å². The number of hydrogen-bond donors (Lipinski definition) is 3. The maximum absolute atomic E-state index is 11.9. The first-order valence-electron chi connectivity index (χ1n) is 8.07. The number of carbonyl (C=O) groups excluding carboxylic acids is 1. The van der Waals surface area contributed by atoms with Gasteiger partial charge in [0.2, 0.25) is 0 Å². The molecule has 0 heterocycles. The summed E-state index contributed by atoms with van der Waals surface area (Å²) in [6.07, 6.45) is 4.91. The smallest absolute Gasteiger partial charge is 0.319 e. The van der Waals surface area contributed by atoms with Crippen LogP contribution in [0.25, 0.3) is 0 Å². The van der Waals surface area contributed by atoms with E-state index in [1.165, 1.54) is 24.8 Å². The minimum atomic E-state index is -0.103. The monoisotopic (exact) mass is 289 g/mol. The Balaban J connectivity index is 1.83. The molecule has 0 saturated heterocycles. The van der Waals surface area contributed by atoms with Crippen molar-refractivity contribution < 1.29 is 4.79 Å². The number of anilines is 1. The van der Waals surface area contributed by atoms with E-state index in [0.717, 1.165) is 25.2 Å². The van der Waals surface area contributed by atoms with Crippen molar-refractivity contribution in [3.05, 3.63) is 29.8 Å². The minimum Gasteiger partial charge on any atom is -0.338 e. The highest BCUT2D eigenvalue weighted by Gasteiger charge is 2.17. The molecule has 1 aromatic carbocycles. The van der Waals surface area contributed by atoms with Gasteiger partial charge >= 0.3 is 6.03 Å². The van der Waals surface area contributed by atoms with Gasteiger partial charge in [-0.3, -0.25) is 0 Å². The number of rotatable bonds is 7. The van der Waals surface area contributed by atoms with E-state index in [1.807, 2.05) is 18.2 Å². The summed E-state index contributed by atoms with van der Waals surface area (Å²) in [5.41, 5.74) is 2.05. The Kier molecular flexibility index (Phi) is 6.05. The van der Waals surface area contributed by atoms with Crippen molar-refractivity contribution in [1.82, 2.24) is 10.6 Å². The summed E-state index contributed by atoms with van der Waals surface area (Å²) in [4.78, 5) is 11.9. The molecular weight excluding hydrogens is 262 g/mol. The molecule has 1 atom stereocenters. The summed E-state index contributed by atoms with van der Waals surface area (Å²) in [6, 6.07) is 8.24. The number of amides is 2. The highest BCUT2D eigenvalue weighted by molar-refractivity contribution is 5.89. The molecular formula is C17H27N3O. The van der Waals surface area contributed by atoms with Crippen molar-refractivity contribution in [3.8, 4) is 0 Å². The lowest BCUT2D eigenvalue weighted by atomic mass is 9.85. The van der Waals surface area contributed by atoms with E-state index in [0.29, 0.717) is 12.0 Å². The van der Waals surface area contributed by atoms with Crippen molar-refractivity contribution in [2.24, 2.45) is 5.92 Å². The largest absolute Gasteiger partial charge is 0.338 e. The van der Waals surface area contributed by atoms with Gasteiger partial charge < -0.3 is 16.0 Å². The molecule has 2 rings (SSSR count). The van der Waals surface area contributed by atoms with E-state index in [2.05, 4.69) is 35.9 Å². The van der Waals surface area contributed by atoms with E-state index in [1.54, 1.807) is 0 Å². The van der Waals surface area contributed by atoms with Crippen molar-refractivity contribution in [2.45, 2.75) is 45.6 Å². The number of nitrogens with one attached hydrogen (secondary N) is 3. The molecule has 4 nitrogen and oxygen atoms in total. The molecule has 0 bridgehead atoms. The van der Waals surface area contributed by atoms with Crippen molar-refractivity contribution in [1.29, 1.82) is 0 Å². The molecule has 1 unspecified atom stereocenters. The molecule has 1 aliphatic rings. The third kappa shape index (κ3) is 5.05. The summed E-state index contributed by atoms with van der Waals surface area (Å²) in [6.45, 7) is 6.09. The van der Waals surface area contributed by atoms with Crippen LogP contribution >= 0.6 is 0 Å². The summed E-state index contributed by atoms with van der Waals surface area (Å²) < 4.78 is 0. The highest BCUT2D eigenvalue weighted by atomic mass is 16.2. The van der Waals surface area contributed by atoms with E-state index < -0.39 is 0 Å². The van der Waals surface area contributed by atoms with Gasteiger partial charge in [0.25, 0.3) is 0 Å². The van der Waals surface area contributed by atoms with E-state index in [4.69, 9.17) is 0 Å². The molecule has 2 amide bonds. The summed E-state index contributed by atoms with van der Waals surface area (Å²) in [5, 5.41) is 9.33. The molecule has 1 saturated carbocycles. The zero-order valence-corrected chi connectivity index (χ0v) is 13.1. The van der Waals surface area contributed by atoms with E-state index in [9.17, 15) is 4.79 Å². The maximum Gasteiger partial charge on any atom is 0.319 e. The van der Waals surface area contributed by atoms with E-state index >= 15 is 0 Å². The SMILES string of the molecule is CCCNC(C)c1cccc(NC(=O)NCC2CCC2)c1. The molecule has 1 aromatic rings. The lowest BCUT2D eigenvalue weighted by molar-refractivity contribution is 0.243. The first-order valence-corrected chi connectivity index (χ1v) is 8.07. The van der Waals surface area contributed by atoms with Crippen molar-refractivity contribution in [3.63, 3.8) is 0 Å². The second-order valence-electron chi connectivity index (χ2n) is 5.93. The van der Waals surface area contributed by atoms with Crippen LogP contribution in [0.4, 0.5) is 10.5 Å². The minimum absolute atomic E-state index is 0.103. The lowest BCUT2D eigenvalue weighted by Gasteiger charge is -2.25. The van der Waals surface area contributed by atoms with Gasteiger partial charge in [0, 0.05) is 18.3 Å². The molecule has 21 heavy (non-hydrogen) atoms. The van der Waals surface area contributed by atoms with Gasteiger partial charge in [-0.25, -0.2) is 4.79 Å². The Bertz CT molecular complexity index is 457. The normalized spacial score (nSPS) is 16.1. The quantitative estimate of drug-likeness (QED) is 0.717. The molecule has 0 radical (unpaired) electrons. The summed E-state index contributed by atoms with van der Waals surface area (Å²) in [7, 11) is 0. The first-order chi connectivity index (χ1) is 10.2. The number of benzene rings is 1. The number of urea groups is 1. The van der Waals surface area contributed by atoms with Gasteiger partial charge in [0.15, 0.2) is 0 Å². The van der Waals surface area contributed by atoms with Crippen LogP contribution in [-0.4, -0.2) is 19.1 Å². The number of hydrogen-bond acceptors (Lipinski definition) is 2. The van der Waals surface area contributed by atoms with Crippen LogP contribution in [0.3, 0.4) is 0 Å². The van der Waals surface area contributed by atoms with Crippen molar-refractivity contribution in [2.75, 3.05) is 18.4 Å². The van der Waals surface area contributed by atoms with Crippen LogP contribution in [-0.2, 0) is 0 Å². The highest BCUT2D eigenvalue weighted by Crippen LogP contribution is 2.25. The third-order valence-electron chi connectivity index (χ3n) is 4.12. The predicted molar refractivity (Wildman–Crippen MR) is 87.5 cm³/mol. The maximum atomic E-state index is 11.9. The van der Waals surface area contributed by atoms with Gasteiger partial charge in [0.05, 0.1) is 0 Å². The average Bonchev–Trinajstić information content (AvgIpc) is 2.43. The van der Waals surface area contributed by atoms with Crippen LogP contribution in [0, 0.1) is 5.92 Å². The van der Waals surface area contributed by atoms with Crippen LogP contribution in [0.5, 0.6) is 0 Å². The molecule has 1 aliphatic carbocycles. The number of carbonyl (C=O) groups is 1. The second-order valence-corrected chi connectivity index (χ2v) is 5.93. The molecule has 0 aliphatic heterocycles. The van der Waals surface area contributed by atoms with Crippen molar-refractivity contribution >= 4 is 11.7 Å². The van der Waals surface area contributed by atoms with Crippen LogP contribution < -0.4 is 16.0 Å². The fraction of sp³-hybridized carbons (Fsp3) is 0.588. The Labute approximate surface area is 127 Å². The Morgan fingerprint density at radius 3 is 2.86 bits per heavy atom. The van der Waals surface area contributed by atoms with Gasteiger partial charge in [0.1, 0.15) is 0 Å². The third-order valence-corrected chi connectivity index (χ3v) is 4.12. The van der Waals surface area contributed by atoms with Gasteiger partial charge in [-0.2, -0.15) is 0 Å². The average molecular weight is 289 g/mol. The predicted octanol–water partition coefficient (Wildman–Crippen LogP) is 3.67. The van der Waals surface area contributed by atoms with Gasteiger partial charge in [-0.05, 0) is 56.3 Å².